The van der Waals surface area contributed by atoms with E-state index in [4.69, 9.17) is 0 Å². The standard InChI is InChI=1S/C17H22N2O2/c1-3-9-17(10-4-2,15-7-5-13(11-20)18-15)16-8-6-14(12-21)19-16/h5-8,11-12,18-19H,3-4,9-10H2,1-2H3. The van der Waals surface area contributed by atoms with Gasteiger partial charge in [0.15, 0.2) is 12.6 Å². The molecule has 4 nitrogen and oxygen atoms in total. The van der Waals surface area contributed by atoms with Crippen molar-refractivity contribution >= 4 is 12.6 Å². The SMILES string of the molecule is CCCC(CCC)(c1ccc(C=O)[nH]1)c1ccc(C=O)[nH]1. The molecule has 0 aliphatic carbocycles. The molecule has 0 amide bonds. The molecule has 0 spiro atoms. The molecule has 2 aromatic heterocycles. The molecule has 0 aliphatic rings. The van der Waals surface area contributed by atoms with Crippen LogP contribution in [-0.2, 0) is 5.41 Å². The van der Waals surface area contributed by atoms with Crippen molar-refractivity contribution in [2.75, 3.05) is 0 Å². The summed E-state index contributed by atoms with van der Waals surface area (Å²) in [4.78, 5) is 28.4. The van der Waals surface area contributed by atoms with Gasteiger partial charge >= 0.3 is 0 Å². The van der Waals surface area contributed by atoms with Gasteiger partial charge in [-0.2, -0.15) is 0 Å². The molecular formula is C17H22N2O2. The van der Waals surface area contributed by atoms with Crippen molar-refractivity contribution in [3.8, 4) is 0 Å². The first-order valence-electron chi connectivity index (χ1n) is 7.49. The van der Waals surface area contributed by atoms with Crippen molar-refractivity contribution in [2.24, 2.45) is 0 Å². The summed E-state index contributed by atoms with van der Waals surface area (Å²) < 4.78 is 0. The molecule has 2 N–H and O–H groups in total. The molecule has 4 heteroatoms. The minimum atomic E-state index is -0.202. The molecule has 2 aromatic rings. The average molecular weight is 286 g/mol. The zero-order valence-corrected chi connectivity index (χ0v) is 12.6. The lowest BCUT2D eigenvalue weighted by Gasteiger charge is -2.32. The van der Waals surface area contributed by atoms with E-state index in [0.29, 0.717) is 11.4 Å². The molecule has 0 saturated carbocycles. The summed E-state index contributed by atoms with van der Waals surface area (Å²) in [5, 5.41) is 0. The lowest BCUT2D eigenvalue weighted by molar-refractivity contribution is 0.111. The first-order valence-corrected chi connectivity index (χ1v) is 7.49. The summed E-state index contributed by atoms with van der Waals surface area (Å²) in [5.41, 5.74) is 3.04. The van der Waals surface area contributed by atoms with Crippen LogP contribution in [0.5, 0.6) is 0 Å². The molecule has 0 atom stereocenters. The summed E-state index contributed by atoms with van der Waals surface area (Å²) in [7, 11) is 0. The van der Waals surface area contributed by atoms with Gasteiger partial charge in [-0.3, -0.25) is 9.59 Å². The van der Waals surface area contributed by atoms with E-state index in [2.05, 4.69) is 23.8 Å². The van der Waals surface area contributed by atoms with Gasteiger partial charge in [0.2, 0.25) is 0 Å². The number of H-pyrrole nitrogens is 2. The Labute approximate surface area is 125 Å². The van der Waals surface area contributed by atoms with Gasteiger partial charge in [0.25, 0.3) is 0 Å². The zero-order valence-electron chi connectivity index (χ0n) is 12.6. The topological polar surface area (TPSA) is 65.7 Å². The van der Waals surface area contributed by atoms with Gasteiger partial charge in [0, 0.05) is 11.4 Å². The molecule has 21 heavy (non-hydrogen) atoms. The molecule has 0 aromatic carbocycles. The highest BCUT2D eigenvalue weighted by atomic mass is 16.1. The fourth-order valence-corrected chi connectivity index (χ4v) is 3.18. The van der Waals surface area contributed by atoms with Crippen LogP contribution in [0.3, 0.4) is 0 Å². The van der Waals surface area contributed by atoms with Crippen LogP contribution in [0.25, 0.3) is 0 Å². The highest BCUT2D eigenvalue weighted by Gasteiger charge is 2.35. The van der Waals surface area contributed by atoms with Gasteiger partial charge in [0.05, 0.1) is 16.8 Å². The van der Waals surface area contributed by atoms with E-state index in [-0.39, 0.29) is 5.41 Å². The van der Waals surface area contributed by atoms with Crippen LogP contribution in [0.1, 0.15) is 71.9 Å². The Morgan fingerprint density at radius 2 is 1.29 bits per heavy atom. The van der Waals surface area contributed by atoms with Crippen LogP contribution in [0.2, 0.25) is 0 Å². The van der Waals surface area contributed by atoms with Crippen molar-refractivity contribution in [1.82, 2.24) is 9.97 Å². The molecule has 0 aliphatic heterocycles. The summed E-state index contributed by atoms with van der Waals surface area (Å²) in [6.07, 6.45) is 5.61. The van der Waals surface area contributed by atoms with Gasteiger partial charge in [-0.25, -0.2) is 0 Å². The molecule has 0 unspecified atom stereocenters. The second kappa shape index (κ2) is 6.57. The van der Waals surface area contributed by atoms with E-state index >= 15 is 0 Å². The summed E-state index contributed by atoms with van der Waals surface area (Å²) in [5.74, 6) is 0. The van der Waals surface area contributed by atoms with Crippen LogP contribution in [0.4, 0.5) is 0 Å². The van der Waals surface area contributed by atoms with E-state index in [1.54, 1.807) is 0 Å². The summed E-state index contributed by atoms with van der Waals surface area (Å²) in [6, 6.07) is 7.59. The number of hydrogen-bond acceptors (Lipinski definition) is 2. The Balaban J connectivity index is 2.55. The van der Waals surface area contributed by atoms with E-state index in [9.17, 15) is 9.59 Å². The number of hydrogen-bond donors (Lipinski definition) is 2. The van der Waals surface area contributed by atoms with E-state index in [1.165, 1.54) is 0 Å². The molecule has 2 heterocycles. The number of carbonyl (C=O) groups excluding carboxylic acids is 2. The maximum Gasteiger partial charge on any atom is 0.166 e. The Morgan fingerprint density at radius 3 is 1.57 bits per heavy atom. The third kappa shape index (κ3) is 2.84. The lowest BCUT2D eigenvalue weighted by atomic mass is 9.74. The quantitative estimate of drug-likeness (QED) is 0.724. The minimum absolute atomic E-state index is 0.202. The summed E-state index contributed by atoms with van der Waals surface area (Å²) >= 11 is 0. The fourth-order valence-electron chi connectivity index (χ4n) is 3.18. The average Bonchev–Trinajstić information content (AvgIpc) is 3.16. The highest BCUT2D eigenvalue weighted by molar-refractivity contribution is 5.73. The van der Waals surface area contributed by atoms with Crippen LogP contribution < -0.4 is 0 Å². The third-order valence-corrected chi connectivity index (χ3v) is 4.06. The first-order chi connectivity index (χ1) is 10.2. The maximum absolute atomic E-state index is 11.0. The zero-order chi connectivity index (χ0) is 15.3. The maximum atomic E-state index is 11.0. The first kappa shape index (κ1) is 15.3. The second-order valence-corrected chi connectivity index (χ2v) is 5.47. The van der Waals surface area contributed by atoms with Crippen molar-refractivity contribution in [1.29, 1.82) is 0 Å². The molecule has 2 rings (SSSR count). The molecule has 0 bridgehead atoms. The largest absolute Gasteiger partial charge is 0.355 e. The van der Waals surface area contributed by atoms with Crippen molar-refractivity contribution in [2.45, 2.75) is 44.9 Å². The Bertz CT molecular complexity index is 556. The van der Waals surface area contributed by atoms with Crippen molar-refractivity contribution in [3.05, 3.63) is 47.0 Å². The lowest BCUT2D eigenvalue weighted by Crippen LogP contribution is -2.29. The predicted octanol–water partition coefficient (Wildman–Crippen LogP) is 3.85. The normalized spacial score (nSPS) is 11.5. The van der Waals surface area contributed by atoms with Crippen LogP contribution in [0, 0.1) is 0 Å². The molecular weight excluding hydrogens is 264 g/mol. The van der Waals surface area contributed by atoms with Gasteiger partial charge in [-0.1, -0.05) is 26.7 Å². The number of nitrogens with one attached hydrogen (secondary N) is 2. The van der Waals surface area contributed by atoms with Gasteiger partial charge in [0.1, 0.15) is 0 Å². The molecule has 0 radical (unpaired) electrons. The Hall–Kier alpha value is -2.10. The van der Waals surface area contributed by atoms with Gasteiger partial charge < -0.3 is 9.97 Å². The van der Waals surface area contributed by atoms with Crippen LogP contribution in [0.15, 0.2) is 24.3 Å². The third-order valence-electron chi connectivity index (χ3n) is 4.06. The van der Waals surface area contributed by atoms with E-state index in [1.807, 2.05) is 24.3 Å². The van der Waals surface area contributed by atoms with E-state index in [0.717, 1.165) is 49.6 Å². The number of aromatic amines is 2. The van der Waals surface area contributed by atoms with Crippen molar-refractivity contribution in [3.63, 3.8) is 0 Å². The number of rotatable bonds is 8. The summed E-state index contributed by atoms with van der Waals surface area (Å²) in [6.45, 7) is 4.30. The molecule has 112 valence electrons. The predicted molar refractivity (Wildman–Crippen MR) is 83.0 cm³/mol. The van der Waals surface area contributed by atoms with Crippen LogP contribution >= 0.6 is 0 Å². The Kier molecular flexibility index (Phi) is 4.78. The number of aromatic nitrogens is 2. The fraction of sp³-hybridized carbons (Fsp3) is 0.412. The van der Waals surface area contributed by atoms with E-state index < -0.39 is 0 Å². The number of carbonyl (C=O) groups is 2. The second-order valence-electron chi connectivity index (χ2n) is 5.47. The smallest absolute Gasteiger partial charge is 0.166 e. The number of aldehydes is 2. The minimum Gasteiger partial charge on any atom is -0.355 e. The Morgan fingerprint density at radius 1 is 0.857 bits per heavy atom. The van der Waals surface area contributed by atoms with Crippen LogP contribution in [-0.4, -0.2) is 22.5 Å². The van der Waals surface area contributed by atoms with Crippen molar-refractivity contribution < 1.29 is 9.59 Å². The van der Waals surface area contributed by atoms with Gasteiger partial charge in [-0.05, 0) is 37.1 Å². The monoisotopic (exact) mass is 286 g/mol. The molecule has 0 saturated heterocycles. The molecule has 0 fully saturated rings. The van der Waals surface area contributed by atoms with Gasteiger partial charge in [-0.15, -0.1) is 0 Å². The highest BCUT2D eigenvalue weighted by Crippen LogP contribution is 2.39.